The molecule has 0 unspecified atom stereocenters. The molecule has 0 saturated carbocycles. The molecule has 0 atom stereocenters. The monoisotopic (exact) mass is 408 g/mol. The number of carbonyl (C=O) groups excluding carboxylic acids is 2. The van der Waals surface area contributed by atoms with Gasteiger partial charge in [-0.25, -0.2) is 0 Å². The Bertz CT molecular complexity index is 812. The van der Waals surface area contributed by atoms with Crippen LogP contribution in [0.3, 0.4) is 0 Å². The van der Waals surface area contributed by atoms with Gasteiger partial charge in [0, 0.05) is 17.1 Å². The fourth-order valence-electron chi connectivity index (χ4n) is 2.55. The molecular weight excluding hydrogens is 387 g/mol. The van der Waals surface area contributed by atoms with Gasteiger partial charge in [-0.05, 0) is 49.7 Å². The minimum absolute atomic E-state index is 0.0889. The van der Waals surface area contributed by atoms with E-state index in [1.807, 2.05) is 13.8 Å². The molecule has 2 rings (SSSR count). The zero-order chi connectivity index (χ0) is 19.8. The first-order valence-electron chi connectivity index (χ1n) is 8.71. The summed E-state index contributed by atoms with van der Waals surface area (Å²) in [4.78, 5) is 26.8. The number of hydrogen-bond donors (Lipinski definition) is 1. The first kappa shape index (κ1) is 21.1. The number of carbonyl (C=O) groups is 2. The standard InChI is InChI=1S/C20H22Cl2N2O3/c1-3-10-24(20(26)14-6-5-7-16(11-14)27-4-2)13-19(25)23-18-12-15(21)8-9-17(18)22/h5-9,11-12H,3-4,10,13H2,1-2H3,(H,23,25). The number of anilines is 1. The summed E-state index contributed by atoms with van der Waals surface area (Å²) in [6, 6.07) is 11.7. The van der Waals surface area contributed by atoms with E-state index >= 15 is 0 Å². The summed E-state index contributed by atoms with van der Waals surface area (Å²) < 4.78 is 5.44. The third kappa shape index (κ3) is 6.15. The van der Waals surface area contributed by atoms with Crippen LogP contribution in [0.4, 0.5) is 5.69 Å². The van der Waals surface area contributed by atoms with E-state index in [0.29, 0.717) is 40.2 Å². The van der Waals surface area contributed by atoms with Crippen molar-refractivity contribution in [3.8, 4) is 5.75 Å². The van der Waals surface area contributed by atoms with Crippen LogP contribution in [-0.2, 0) is 4.79 Å². The van der Waals surface area contributed by atoms with Crippen molar-refractivity contribution >= 4 is 40.7 Å². The molecule has 0 aliphatic carbocycles. The zero-order valence-corrected chi connectivity index (χ0v) is 16.8. The molecule has 144 valence electrons. The van der Waals surface area contributed by atoms with Crippen molar-refractivity contribution in [3.05, 3.63) is 58.1 Å². The number of rotatable bonds is 8. The number of hydrogen-bond acceptors (Lipinski definition) is 3. The molecule has 0 fully saturated rings. The average Bonchev–Trinajstić information content (AvgIpc) is 2.64. The largest absolute Gasteiger partial charge is 0.494 e. The Morgan fingerprint density at radius 1 is 1.11 bits per heavy atom. The van der Waals surface area contributed by atoms with Crippen LogP contribution in [0.5, 0.6) is 5.75 Å². The van der Waals surface area contributed by atoms with Crippen LogP contribution in [0.25, 0.3) is 0 Å². The molecule has 0 aromatic heterocycles. The average molecular weight is 409 g/mol. The number of nitrogens with one attached hydrogen (secondary N) is 1. The van der Waals surface area contributed by atoms with E-state index in [1.165, 1.54) is 4.90 Å². The highest BCUT2D eigenvalue weighted by Crippen LogP contribution is 2.25. The van der Waals surface area contributed by atoms with Crippen LogP contribution in [0, 0.1) is 0 Å². The fourth-order valence-corrected chi connectivity index (χ4v) is 2.88. The van der Waals surface area contributed by atoms with Crippen LogP contribution in [0.2, 0.25) is 10.0 Å². The van der Waals surface area contributed by atoms with Gasteiger partial charge in [0.2, 0.25) is 5.91 Å². The molecule has 7 heteroatoms. The third-order valence-electron chi connectivity index (χ3n) is 3.71. The molecule has 5 nitrogen and oxygen atoms in total. The molecule has 2 aromatic carbocycles. The molecule has 27 heavy (non-hydrogen) atoms. The van der Waals surface area contributed by atoms with Gasteiger partial charge in [0.1, 0.15) is 12.3 Å². The summed E-state index contributed by atoms with van der Waals surface area (Å²) >= 11 is 12.0. The van der Waals surface area contributed by atoms with Gasteiger partial charge in [-0.2, -0.15) is 0 Å². The van der Waals surface area contributed by atoms with Gasteiger partial charge in [0.15, 0.2) is 0 Å². The summed E-state index contributed by atoms with van der Waals surface area (Å²) in [6.45, 7) is 4.70. The zero-order valence-electron chi connectivity index (χ0n) is 15.3. The molecule has 2 amide bonds. The molecule has 0 radical (unpaired) electrons. The van der Waals surface area contributed by atoms with Crippen molar-refractivity contribution in [1.29, 1.82) is 0 Å². The first-order valence-corrected chi connectivity index (χ1v) is 9.47. The Morgan fingerprint density at radius 2 is 1.89 bits per heavy atom. The third-order valence-corrected chi connectivity index (χ3v) is 4.27. The maximum atomic E-state index is 12.8. The van der Waals surface area contributed by atoms with Gasteiger partial charge in [-0.1, -0.05) is 36.2 Å². The lowest BCUT2D eigenvalue weighted by Gasteiger charge is -2.22. The molecule has 0 saturated heterocycles. The van der Waals surface area contributed by atoms with E-state index in [-0.39, 0.29) is 18.4 Å². The minimum atomic E-state index is -0.345. The minimum Gasteiger partial charge on any atom is -0.494 e. The van der Waals surface area contributed by atoms with Crippen LogP contribution in [0.1, 0.15) is 30.6 Å². The summed E-state index contributed by atoms with van der Waals surface area (Å²) in [5.41, 5.74) is 0.888. The lowest BCUT2D eigenvalue weighted by Crippen LogP contribution is -2.38. The van der Waals surface area contributed by atoms with Crippen molar-refractivity contribution in [2.75, 3.05) is 25.0 Å². The van der Waals surface area contributed by atoms with Gasteiger partial charge in [0.25, 0.3) is 5.91 Å². The van der Waals surface area contributed by atoms with Crippen molar-refractivity contribution in [3.63, 3.8) is 0 Å². The highest BCUT2D eigenvalue weighted by Gasteiger charge is 2.19. The Balaban J connectivity index is 2.11. The Kier molecular flexibility index (Phi) is 7.95. The van der Waals surface area contributed by atoms with E-state index in [9.17, 15) is 9.59 Å². The van der Waals surface area contributed by atoms with Gasteiger partial charge in [-0.15, -0.1) is 0 Å². The van der Waals surface area contributed by atoms with Crippen LogP contribution >= 0.6 is 23.2 Å². The topological polar surface area (TPSA) is 58.6 Å². The highest BCUT2D eigenvalue weighted by atomic mass is 35.5. The second kappa shape index (κ2) is 10.2. The fraction of sp³-hybridized carbons (Fsp3) is 0.300. The predicted molar refractivity (Wildman–Crippen MR) is 109 cm³/mol. The van der Waals surface area contributed by atoms with E-state index in [2.05, 4.69) is 5.32 Å². The Hall–Kier alpha value is -2.24. The van der Waals surface area contributed by atoms with E-state index in [1.54, 1.807) is 42.5 Å². The van der Waals surface area contributed by atoms with Gasteiger partial charge >= 0.3 is 0 Å². The van der Waals surface area contributed by atoms with Crippen molar-refractivity contribution in [2.45, 2.75) is 20.3 Å². The van der Waals surface area contributed by atoms with Crippen molar-refractivity contribution < 1.29 is 14.3 Å². The molecule has 0 spiro atoms. The lowest BCUT2D eigenvalue weighted by atomic mass is 10.1. The Labute approximate surface area is 169 Å². The second-order valence-electron chi connectivity index (χ2n) is 5.86. The summed E-state index contributed by atoms with van der Waals surface area (Å²) in [6.07, 6.45) is 0.724. The number of benzene rings is 2. The van der Waals surface area contributed by atoms with E-state index in [4.69, 9.17) is 27.9 Å². The Morgan fingerprint density at radius 3 is 2.59 bits per heavy atom. The number of ether oxygens (including phenoxy) is 1. The second-order valence-corrected chi connectivity index (χ2v) is 6.70. The normalized spacial score (nSPS) is 10.4. The number of nitrogens with zero attached hydrogens (tertiary/aromatic N) is 1. The summed E-state index contributed by atoms with van der Waals surface area (Å²) in [5, 5.41) is 3.55. The molecule has 0 heterocycles. The highest BCUT2D eigenvalue weighted by molar-refractivity contribution is 6.35. The van der Waals surface area contributed by atoms with E-state index in [0.717, 1.165) is 6.42 Å². The molecule has 0 aliphatic rings. The summed E-state index contributed by atoms with van der Waals surface area (Å²) in [7, 11) is 0. The maximum absolute atomic E-state index is 12.8. The van der Waals surface area contributed by atoms with Crippen LogP contribution in [-0.4, -0.2) is 36.4 Å². The van der Waals surface area contributed by atoms with E-state index < -0.39 is 0 Å². The molecule has 0 bridgehead atoms. The lowest BCUT2D eigenvalue weighted by molar-refractivity contribution is -0.116. The number of amides is 2. The van der Waals surface area contributed by atoms with Crippen LogP contribution in [0.15, 0.2) is 42.5 Å². The van der Waals surface area contributed by atoms with Gasteiger partial charge in [-0.3, -0.25) is 9.59 Å². The molecule has 1 N–H and O–H groups in total. The quantitative estimate of drug-likeness (QED) is 0.676. The van der Waals surface area contributed by atoms with Gasteiger partial charge in [0.05, 0.1) is 17.3 Å². The molecular formula is C20H22Cl2N2O3. The van der Waals surface area contributed by atoms with Gasteiger partial charge < -0.3 is 15.0 Å². The predicted octanol–water partition coefficient (Wildman–Crippen LogP) is 4.88. The SMILES string of the molecule is CCCN(CC(=O)Nc1cc(Cl)ccc1Cl)C(=O)c1cccc(OCC)c1. The van der Waals surface area contributed by atoms with Crippen molar-refractivity contribution in [2.24, 2.45) is 0 Å². The molecule has 2 aromatic rings. The van der Waals surface area contributed by atoms with Crippen LogP contribution < -0.4 is 10.1 Å². The smallest absolute Gasteiger partial charge is 0.254 e. The number of halogens is 2. The molecule has 0 aliphatic heterocycles. The maximum Gasteiger partial charge on any atom is 0.254 e. The first-order chi connectivity index (χ1) is 12.9. The van der Waals surface area contributed by atoms with Crippen molar-refractivity contribution in [1.82, 2.24) is 4.90 Å². The summed E-state index contributed by atoms with van der Waals surface area (Å²) in [5.74, 6) is 0.0441.